The summed E-state index contributed by atoms with van der Waals surface area (Å²) in [5.74, 6) is -0.990. The first-order valence-electron chi connectivity index (χ1n) is 7.21. The van der Waals surface area contributed by atoms with Crippen LogP contribution in [0.2, 0.25) is 0 Å². The number of aromatic amines is 1. The van der Waals surface area contributed by atoms with E-state index in [0.717, 1.165) is 0 Å². The highest BCUT2D eigenvalue weighted by atomic mass is 16.5. The molecular formula is C16H24N2O4. The fraction of sp³-hybridized carbons (Fsp3) is 0.562. The van der Waals surface area contributed by atoms with Crippen molar-refractivity contribution >= 4 is 17.7 Å². The first kappa shape index (κ1) is 17.9. The number of ketones is 1. The second kappa shape index (κ2) is 6.77. The number of Topliss-reactive ketones (excluding diaryl/α,β-unsaturated/α-hetero) is 1. The van der Waals surface area contributed by atoms with Gasteiger partial charge < -0.3 is 14.6 Å². The molecule has 1 aromatic rings. The molecule has 1 aromatic heterocycles. The fourth-order valence-corrected chi connectivity index (χ4v) is 2.41. The van der Waals surface area contributed by atoms with Crippen LogP contribution in [0.4, 0.5) is 0 Å². The number of esters is 1. The van der Waals surface area contributed by atoms with E-state index in [1.807, 2.05) is 0 Å². The van der Waals surface area contributed by atoms with Crippen LogP contribution in [0.3, 0.4) is 0 Å². The van der Waals surface area contributed by atoms with Gasteiger partial charge in [-0.2, -0.15) is 0 Å². The minimum Gasteiger partial charge on any atom is -0.464 e. The third kappa shape index (κ3) is 3.21. The molecular weight excluding hydrogens is 284 g/mol. The number of aromatic nitrogens is 1. The largest absolute Gasteiger partial charge is 0.464 e. The van der Waals surface area contributed by atoms with E-state index < -0.39 is 12.0 Å². The lowest BCUT2D eigenvalue weighted by atomic mass is 9.99. The molecule has 0 spiro atoms. The van der Waals surface area contributed by atoms with Crippen LogP contribution in [0.25, 0.3) is 0 Å². The Morgan fingerprint density at radius 3 is 2.14 bits per heavy atom. The molecule has 122 valence electrons. The molecule has 0 aliphatic carbocycles. The Bertz CT molecular complexity index is 602. The van der Waals surface area contributed by atoms with Gasteiger partial charge >= 0.3 is 5.97 Å². The van der Waals surface area contributed by atoms with Crippen LogP contribution >= 0.6 is 0 Å². The van der Waals surface area contributed by atoms with Crippen LogP contribution < -0.4 is 0 Å². The van der Waals surface area contributed by atoms with Crippen LogP contribution in [-0.2, 0) is 9.53 Å². The van der Waals surface area contributed by atoms with Gasteiger partial charge in [0.15, 0.2) is 5.78 Å². The van der Waals surface area contributed by atoms with Crippen LogP contribution in [0, 0.1) is 19.8 Å². The number of methoxy groups -OCH3 is 1. The first-order chi connectivity index (χ1) is 10.1. The molecule has 0 aromatic carbocycles. The van der Waals surface area contributed by atoms with Gasteiger partial charge in [0.05, 0.1) is 13.2 Å². The van der Waals surface area contributed by atoms with Crippen LogP contribution in [-0.4, -0.2) is 47.7 Å². The molecule has 1 atom stereocenters. The summed E-state index contributed by atoms with van der Waals surface area (Å²) in [6, 6.07) is -0.603. The second-order valence-corrected chi connectivity index (χ2v) is 5.76. The highest BCUT2D eigenvalue weighted by molar-refractivity contribution is 6.06. The van der Waals surface area contributed by atoms with Crippen molar-refractivity contribution in [2.24, 2.45) is 5.92 Å². The molecule has 0 unspecified atom stereocenters. The van der Waals surface area contributed by atoms with Gasteiger partial charge in [-0.1, -0.05) is 13.8 Å². The van der Waals surface area contributed by atoms with Gasteiger partial charge in [0.25, 0.3) is 0 Å². The lowest BCUT2D eigenvalue weighted by molar-refractivity contribution is -0.134. The van der Waals surface area contributed by atoms with E-state index in [-0.39, 0.29) is 23.3 Å². The highest BCUT2D eigenvalue weighted by Gasteiger charge is 2.29. The molecule has 0 saturated heterocycles. The Morgan fingerprint density at radius 2 is 1.68 bits per heavy atom. The molecule has 0 aliphatic rings. The van der Waals surface area contributed by atoms with Crippen molar-refractivity contribution in [3.8, 4) is 0 Å². The zero-order valence-corrected chi connectivity index (χ0v) is 14.2. The number of carbonyl (C=O) groups excluding carboxylic acids is 3. The average Bonchev–Trinajstić information content (AvgIpc) is 2.78. The monoisotopic (exact) mass is 308 g/mol. The van der Waals surface area contributed by atoms with Crippen molar-refractivity contribution in [3.63, 3.8) is 0 Å². The third-order valence-electron chi connectivity index (χ3n) is 3.88. The Hall–Kier alpha value is -2.11. The SMILES string of the molecule is COC(=O)c1[nH]c(C)c(C(=O)[C@H](C)N(C)C(=O)C(C)C)c1C. The minimum atomic E-state index is -0.603. The van der Waals surface area contributed by atoms with E-state index in [9.17, 15) is 14.4 Å². The molecule has 1 heterocycles. The Kier molecular flexibility index (Phi) is 5.52. The lowest BCUT2D eigenvalue weighted by Gasteiger charge is -2.25. The molecule has 22 heavy (non-hydrogen) atoms. The minimum absolute atomic E-state index is 0.0973. The molecule has 0 radical (unpaired) electrons. The van der Waals surface area contributed by atoms with Crippen molar-refractivity contribution in [1.82, 2.24) is 9.88 Å². The van der Waals surface area contributed by atoms with Gasteiger partial charge in [-0.05, 0) is 26.3 Å². The van der Waals surface area contributed by atoms with Gasteiger partial charge in [0.1, 0.15) is 5.69 Å². The number of ether oxygens (including phenoxy) is 1. The Balaban J connectivity index is 3.16. The summed E-state index contributed by atoms with van der Waals surface area (Å²) in [4.78, 5) is 40.8. The molecule has 0 bridgehead atoms. The predicted octanol–water partition coefficient (Wildman–Crippen LogP) is 2.10. The summed E-state index contributed by atoms with van der Waals surface area (Å²) in [6.07, 6.45) is 0. The summed E-state index contributed by atoms with van der Waals surface area (Å²) >= 11 is 0. The number of nitrogens with zero attached hydrogens (tertiary/aromatic N) is 1. The third-order valence-corrected chi connectivity index (χ3v) is 3.88. The number of likely N-dealkylation sites (N-methyl/N-ethyl adjacent to an activating group) is 1. The van der Waals surface area contributed by atoms with Crippen LogP contribution in [0.1, 0.15) is 52.9 Å². The topological polar surface area (TPSA) is 79.5 Å². The van der Waals surface area contributed by atoms with E-state index >= 15 is 0 Å². The van der Waals surface area contributed by atoms with Gasteiger partial charge in [-0.15, -0.1) is 0 Å². The summed E-state index contributed by atoms with van der Waals surface area (Å²) in [5, 5.41) is 0. The van der Waals surface area contributed by atoms with Gasteiger partial charge in [-0.3, -0.25) is 9.59 Å². The number of hydrogen-bond acceptors (Lipinski definition) is 4. The van der Waals surface area contributed by atoms with Crippen molar-refractivity contribution in [2.45, 2.75) is 40.7 Å². The summed E-state index contributed by atoms with van der Waals surface area (Å²) in [5.41, 5.74) is 1.86. The van der Waals surface area contributed by atoms with Crippen molar-refractivity contribution in [1.29, 1.82) is 0 Å². The molecule has 6 nitrogen and oxygen atoms in total. The van der Waals surface area contributed by atoms with Gasteiger partial charge in [0.2, 0.25) is 5.91 Å². The molecule has 6 heteroatoms. The van der Waals surface area contributed by atoms with Crippen molar-refractivity contribution < 1.29 is 19.1 Å². The maximum Gasteiger partial charge on any atom is 0.354 e. The normalized spacial score (nSPS) is 12.2. The first-order valence-corrected chi connectivity index (χ1v) is 7.21. The standard InChI is InChI=1S/C16H24N2O4/c1-8(2)15(20)18(6)11(5)14(19)12-9(3)13(16(21)22-7)17-10(12)4/h8,11,17H,1-7H3/t11-/m0/s1. The van der Waals surface area contributed by atoms with E-state index in [2.05, 4.69) is 4.98 Å². The molecule has 1 amide bonds. The zero-order chi connectivity index (χ0) is 17.2. The number of aryl methyl sites for hydroxylation is 1. The lowest BCUT2D eigenvalue weighted by Crippen LogP contribution is -2.42. The quantitative estimate of drug-likeness (QED) is 0.667. The van der Waals surface area contributed by atoms with Crippen molar-refractivity contribution in [3.05, 3.63) is 22.5 Å². The summed E-state index contributed by atoms with van der Waals surface area (Å²) in [6.45, 7) is 8.69. The molecule has 0 aliphatic heterocycles. The van der Waals surface area contributed by atoms with Crippen LogP contribution in [0.5, 0.6) is 0 Å². The van der Waals surface area contributed by atoms with E-state index in [1.54, 1.807) is 41.7 Å². The maximum absolute atomic E-state index is 12.7. The maximum atomic E-state index is 12.7. The summed E-state index contributed by atoms with van der Waals surface area (Å²) < 4.78 is 4.70. The van der Waals surface area contributed by atoms with Crippen molar-refractivity contribution in [2.75, 3.05) is 14.2 Å². The second-order valence-electron chi connectivity index (χ2n) is 5.76. The van der Waals surface area contributed by atoms with Crippen LogP contribution in [0.15, 0.2) is 0 Å². The highest BCUT2D eigenvalue weighted by Crippen LogP contribution is 2.22. The molecule has 1 rings (SSSR count). The smallest absolute Gasteiger partial charge is 0.354 e. The molecule has 1 N–H and O–H groups in total. The van der Waals surface area contributed by atoms with E-state index in [0.29, 0.717) is 16.8 Å². The molecule has 0 saturated carbocycles. The number of rotatable bonds is 5. The Labute approximate surface area is 130 Å². The molecule has 0 fully saturated rings. The van der Waals surface area contributed by atoms with Gasteiger partial charge in [-0.25, -0.2) is 4.79 Å². The number of hydrogen-bond donors (Lipinski definition) is 1. The average molecular weight is 308 g/mol. The fourth-order valence-electron chi connectivity index (χ4n) is 2.41. The van der Waals surface area contributed by atoms with Gasteiger partial charge in [0, 0.05) is 24.2 Å². The van der Waals surface area contributed by atoms with E-state index in [1.165, 1.54) is 12.0 Å². The summed E-state index contributed by atoms with van der Waals surface area (Å²) in [7, 11) is 2.90. The van der Waals surface area contributed by atoms with E-state index in [4.69, 9.17) is 4.74 Å². The number of H-pyrrole nitrogens is 1. The number of carbonyl (C=O) groups is 3. The Morgan fingerprint density at radius 1 is 1.14 bits per heavy atom. The number of amides is 1. The predicted molar refractivity (Wildman–Crippen MR) is 83.0 cm³/mol. The zero-order valence-electron chi connectivity index (χ0n) is 14.2. The number of nitrogens with one attached hydrogen (secondary N) is 1.